The summed E-state index contributed by atoms with van der Waals surface area (Å²) >= 11 is 0. The van der Waals surface area contributed by atoms with Gasteiger partial charge in [0.2, 0.25) is 0 Å². The van der Waals surface area contributed by atoms with Gasteiger partial charge in [0.1, 0.15) is 12.7 Å². The molecule has 1 aliphatic rings. The summed E-state index contributed by atoms with van der Waals surface area (Å²) in [4.78, 5) is 23.1. The first kappa shape index (κ1) is 15.5. The number of pyridine rings is 1. The highest BCUT2D eigenvalue weighted by Crippen LogP contribution is 2.34. The predicted octanol–water partition coefficient (Wildman–Crippen LogP) is 2.81. The van der Waals surface area contributed by atoms with E-state index in [2.05, 4.69) is 33.3 Å². The normalized spacial score (nSPS) is 16.3. The number of aryl methyl sites for hydroxylation is 1. The van der Waals surface area contributed by atoms with Crippen LogP contribution in [-0.2, 0) is 6.42 Å². The Morgan fingerprint density at radius 3 is 3.00 bits per heavy atom. The van der Waals surface area contributed by atoms with Gasteiger partial charge in [-0.15, -0.1) is 0 Å². The van der Waals surface area contributed by atoms with Crippen LogP contribution in [0.25, 0.3) is 5.82 Å². The molecule has 0 N–H and O–H groups in total. The molecule has 3 aromatic rings. The number of nitrogens with zero attached hydrogens (tertiary/aromatic N) is 5. The van der Waals surface area contributed by atoms with Crippen molar-refractivity contribution in [3.05, 3.63) is 71.9 Å². The van der Waals surface area contributed by atoms with Crippen LogP contribution in [0.2, 0.25) is 0 Å². The Kier molecular flexibility index (Phi) is 4.01. The molecule has 25 heavy (non-hydrogen) atoms. The van der Waals surface area contributed by atoms with Gasteiger partial charge in [-0.05, 0) is 42.5 Å². The molecule has 2 heterocycles. The summed E-state index contributed by atoms with van der Waals surface area (Å²) in [5.74, 6) is 0.575. The molecule has 4 rings (SSSR count). The van der Waals surface area contributed by atoms with Crippen molar-refractivity contribution in [1.82, 2.24) is 24.6 Å². The average Bonchev–Trinajstić information content (AvgIpc) is 3.21. The monoisotopic (exact) mass is 333 g/mol. The predicted molar refractivity (Wildman–Crippen MR) is 93.4 cm³/mol. The van der Waals surface area contributed by atoms with E-state index in [0.717, 1.165) is 19.3 Å². The zero-order valence-corrected chi connectivity index (χ0v) is 14.0. The number of hydrogen-bond acceptors (Lipinski definition) is 4. The third-order valence-electron chi connectivity index (χ3n) is 4.77. The molecule has 1 atom stereocenters. The number of aromatic nitrogens is 4. The van der Waals surface area contributed by atoms with Gasteiger partial charge in [0.15, 0.2) is 5.82 Å². The van der Waals surface area contributed by atoms with E-state index in [1.54, 1.807) is 29.3 Å². The van der Waals surface area contributed by atoms with Gasteiger partial charge < -0.3 is 4.90 Å². The Morgan fingerprint density at radius 1 is 1.28 bits per heavy atom. The minimum absolute atomic E-state index is 0.00883. The van der Waals surface area contributed by atoms with Crippen LogP contribution in [0.3, 0.4) is 0 Å². The molecule has 2 aromatic heterocycles. The lowest BCUT2D eigenvalue weighted by Gasteiger charge is -2.33. The molecule has 1 unspecified atom stereocenters. The summed E-state index contributed by atoms with van der Waals surface area (Å²) in [7, 11) is 1.88. The molecule has 6 nitrogen and oxygen atoms in total. The van der Waals surface area contributed by atoms with Gasteiger partial charge in [0.25, 0.3) is 5.91 Å². The second-order valence-corrected chi connectivity index (χ2v) is 6.27. The number of hydrogen-bond donors (Lipinski definition) is 0. The molecule has 1 amide bonds. The molecule has 0 spiro atoms. The number of carbonyl (C=O) groups excluding carboxylic acids is 1. The maximum Gasteiger partial charge on any atom is 0.254 e. The largest absolute Gasteiger partial charge is 0.335 e. The van der Waals surface area contributed by atoms with E-state index >= 15 is 0 Å². The third-order valence-corrected chi connectivity index (χ3v) is 4.77. The quantitative estimate of drug-likeness (QED) is 0.739. The summed E-state index contributed by atoms with van der Waals surface area (Å²) in [6, 6.07) is 12.0. The van der Waals surface area contributed by atoms with Crippen molar-refractivity contribution in [3.63, 3.8) is 0 Å². The van der Waals surface area contributed by atoms with Gasteiger partial charge in [-0.1, -0.05) is 24.3 Å². The Hall–Kier alpha value is -3.02. The lowest BCUT2D eigenvalue weighted by atomic mass is 9.87. The highest BCUT2D eigenvalue weighted by atomic mass is 16.2. The summed E-state index contributed by atoms with van der Waals surface area (Å²) in [5.41, 5.74) is 3.21. The van der Waals surface area contributed by atoms with E-state index in [-0.39, 0.29) is 11.9 Å². The number of rotatable bonds is 3. The maximum atomic E-state index is 13.0. The van der Waals surface area contributed by atoms with Crippen LogP contribution >= 0.6 is 0 Å². The van der Waals surface area contributed by atoms with Crippen molar-refractivity contribution in [1.29, 1.82) is 0 Å². The van der Waals surface area contributed by atoms with E-state index in [4.69, 9.17) is 0 Å². The minimum atomic E-state index is -0.00883. The Morgan fingerprint density at radius 2 is 2.16 bits per heavy atom. The first-order chi connectivity index (χ1) is 12.2. The van der Waals surface area contributed by atoms with Crippen LogP contribution in [0.4, 0.5) is 0 Å². The zero-order chi connectivity index (χ0) is 17.2. The fraction of sp³-hybridized carbons (Fsp3) is 0.263. The standard InChI is InChI=1S/C19H19N5O/c1-23(17-8-4-6-14-5-2-3-7-16(14)17)19(25)15-9-10-21-18(11-15)24-13-20-12-22-24/h2-3,5,7,9-13,17H,4,6,8H2,1H3. The van der Waals surface area contributed by atoms with Gasteiger partial charge in [-0.25, -0.2) is 14.6 Å². The van der Waals surface area contributed by atoms with Gasteiger partial charge in [0, 0.05) is 18.8 Å². The van der Waals surface area contributed by atoms with E-state index in [1.165, 1.54) is 17.5 Å². The second kappa shape index (κ2) is 6.47. The molecule has 0 bridgehead atoms. The van der Waals surface area contributed by atoms with E-state index < -0.39 is 0 Å². The van der Waals surface area contributed by atoms with Crippen LogP contribution in [0.1, 0.15) is 40.4 Å². The average molecular weight is 333 g/mol. The molecule has 126 valence electrons. The molecule has 0 aliphatic heterocycles. The third kappa shape index (κ3) is 2.91. The van der Waals surface area contributed by atoms with Crippen LogP contribution in [0.15, 0.2) is 55.2 Å². The Labute approximate surface area is 146 Å². The van der Waals surface area contributed by atoms with Crippen LogP contribution in [-0.4, -0.2) is 37.6 Å². The molecule has 0 fully saturated rings. The molecule has 1 aliphatic carbocycles. The minimum Gasteiger partial charge on any atom is -0.335 e. The highest BCUT2D eigenvalue weighted by molar-refractivity contribution is 5.94. The topological polar surface area (TPSA) is 63.9 Å². The fourth-order valence-corrected chi connectivity index (χ4v) is 3.48. The molecule has 0 saturated carbocycles. The van der Waals surface area contributed by atoms with Crippen molar-refractivity contribution in [2.24, 2.45) is 0 Å². The van der Waals surface area contributed by atoms with Crippen LogP contribution < -0.4 is 0 Å². The molecule has 1 aromatic carbocycles. The van der Waals surface area contributed by atoms with Gasteiger partial charge in [-0.3, -0.25) is 4.79 Å². The summed E-state index contributed by atoms with van der Waals surface area (Å²) in [5, 5.41) is 4.07. The second-order valence-electron chi connectivity index (χ2n) is 6.27. The number of amides is 1. The SMILES string of the molecule is CN(C(=O)c1ccnc(-n2cncn2)c1)C1CCCc2ccccc21. The highest BCUT2D eigenvalue weighted by Gasteiger charge is 2.27. The van der Waals surface area contributed by atoms with E-state index in [1.807, 2.05) is 18.0 Å². The smallest absolute Gasteiger partial charge is 0.254 e. The van der Waals surface area contributed by atoms with E-state index in [0.29, 0.717) is 11.4 Å². The number of benzene rings is 1. The molecule has 0 radical (unpaired) electrons. The molecule has 6 heteroatoms. The summed E-state index contributed by atoms with van der Waals surface area (Å²) < 4.78 is 1.55. The van der Waals surface area contributed by atoms with Gasteiger partial charge in [0.05, 0.1) is 6.04 Å². The maximum absolute atomic E-state index is 13.0. The van der Waals surface area contributed by atoms with Gasteiger partial charge in [-0.2, -0.15) is 5.10 Å². The van der Waals surface area contributed by atoms with Crippen molar-refractivity contribution >= 4 is 5.91 Å². The Balaban J connectivity index is 1.62. The molecular weight excluding hydrogens is 314 g/mol. The summed E-state index contributed by atoms with van der Waals surface area (Å²) in [6.07, 6.45) is 7.81. The lowest BCUT2D eigenvalue weighted by Crippen LogP contribution is -2.33. The fourth-order valence-electron chi connectivity index (χ4n) is 3.48. The van der Waals surface area contributed by atoms with Gasteiger partial charge >= 0.3 is 0 Å². The van der Waals surface area contributed by atoms with Crippen molar-refractivity contribution in [3.8, 4) is 5.82 Å². The number of carbonyl (C=O) groups is 1. The van der Waals surface area contributed by atoms with Crippen molar-refractivity contribution in [2.75, 3.05) is 7.05 Å². The Bertz CT molecular complexity index is 890. The zero-order valence-electron chi connectivity index (χ0n) is 14.0. The van der Waals surface area contributed by atoms with Crippen LogP contribution in [0, 0.1) is 0 Å². The first-order valence-corrected chi connectivity index (χ1v) is 8.40. The van der Waals surface area contributed by atoms with Crippen LogP contribution in [0.5, 0.6) is 0 Å². The van der Waals surface area contributed by atoms with Crippen molar-refractivity contribution < 1.29 is 4.79 Å². The summed E-state index contributed by atoms with van der Waals surface area (Å²) in [6.45, 7) is 0. The van der Waals surface area contributed by atoms with E-state index in [9.17, 15) is 4.79 Å². The first-order valence-electron chi connectivity index (χ1n) is 8.40. The lowest BCUT2D eigenvalue weighted by molar-refractivity contribution is 0.0715. The number of fused-ring (bicyclic) bond motifs is 1. The molecular formula is C19H19N5O. The molecule has 0 saturated heterocycles. The van der Waals surface area contributed by atoms with Crippen molar-refractivity contribution in [2.45, 2.75) is 25.3 Å².